The number of carbonyl (C=O) groups excluding carboxylic acids is 1. The van der Waals surface area contributed by atoms with Gasteiger partial charge in [0.15, 0.2) is 0 Å². The molecule has 7 heteroatoms. The van der Waals surface area contributed by atoms with Crippen LogP contribution in [0.15, 0.2) is 83.8 Å². The number of nitrogens with one attached hydrogen (secondary N) is 2. The van der Waals surface area contributed by atoms with Crippen molar-refractivity contribution in [2.45, 2.75) is 24.7 Å². The minimum absolute atomic E-state index is 0.113. The number of amides is 1. The maximum Gasteiger partial charge on any atom is 0.251 e. The molecule has 3 aromatic carbocycles. The predicted octanol–water partition coefficient (Wildman–Crippen LogP) is 3.24. The van der Waals surface area contributed by atoms with E-state index in [9.17, 15) is 13.2 Å². The fourth-order valence-corrected chi connectivity index (χ4v) is 3.63. The number of sulfonamides is 1. The van der Waals surface area contributed by atoms with Crippen LogP contribution >= 0.6 is 0 Å². The quantitative estimate of drug-likeness (QED) is 0.552. The van der Waals surface area contributed by atoms with Crippen LogP contribution in [0.5, 0.6) is 0 Å². The molecule has 0 aliphatic heterocycles. The van der Waals surface area contributed by atoms with E-state index in [4.69, 9.17) is 4.74 Å². The minimum Gasteiger partial charge on any atom is -0.372 e. The molecule has 0 atom stereocenters. The lowest BCUT2D eigenvalue weighted by molar-refractivity contribution is 0.0947. The molecule has 0 aromatic heterocycles. The second kappa shape index (κ2) is 10.2. The first-order valence-corrected chi connectivity index (χ1v) is 11.0. The van der Waals surface area contributed by atoms with E-state index in [1.54, 1.807) is 0 Å². The molecule has 0 saturated heterocycles. The van der Waals surface area contributed by atoms with Gasteiger partial charge in [0.1, 0.15) is 0 Å². The van der Waals surface area contributed by atoms with Crippen LogP contribution in [-0.4, -0.2) is 21.4 Å². The number of hydrogen-bond acceptors (Lipinski definition) is 4. The fourth-order valence-electron chi connectivity index (χ4n) is 2.90. The van der Waals surface area contributed by atoms with Crippen molar-refractivity contribution in [3.63, 3.8) is 0 Å². The van der Waals surface area contributed by atoms with Crippen molar-refractivity contribution < 1.29 is 17.9 Å². The molecular weight excluding hydrogens is 400 g/mol. The van der Waals surface area contributed by atoms with Crippen LogP contribution in [0.3, 0.4) is 0 Å². The summed E-state index contributed by atoms with van der Waals surface area (Å²) in [5.41, 5.74) is 3.47. The molecule has 30 heavy (non-hydrogen) atoms. The van der Waals surface area contributed by atoms with Crippen LogP contribution in [0.1, 0.15) is 27.0 Å². The van der Waals surface area contributed by atoms with Gasteiger partial charge in [0, 0.05) is 12.1 Å². The third-order valence-corrected chi connectivity index (χ3v) is 6.05. The number of rotatable bonds is 9. The maximum absolute atomic E-state index is 12.5. The van der Waals surface area contributed by atoms with E-state index < -0.39 is 10.0 Å². The van der Waals surface area contributed by atoms with E-state index in [0.29, 0.717) is 25.3 Å². The van der Waals surface area contributed by atoms with Crippen LogP contribution in [0, 0.1) is 0 Å². The summed E-state index contributed by atoms with van der Waals surface area (Å²) in [4.78, 5) is 12.6. The standard InChI is InChI=1S/C23H24N2O4S/c1-24-30(27,28)22-13-11-19(12-14-22)23(26)25-15-20-9-5-6-10-21(20)17-29-16-18-7-3-2-4-8-18/h2-14,24H,15-17H2,1H3,(H,25,26). The zero-order valence-electron chi connectivity index (χ0n) is 16.7. The summed E-state index contributed by atoms with van der Waals surface area (Å²) in [5.74, 6) is -0.275. The summed E-state index contributed by atoms with van der Waals surface area (Å²) in [6.07, 6.45) is 0. The zero-order valence-corrected chi connectivity index (χ0v) is 17.5. The Morgan fingerprint density at radius 2 is 1.47 bits per heavy atom. The van der Waals surface area contributed by atoms with Gasteiger partial charge in [-0.05, 0) is 48.0 Å². The summed E-state index contributed by atoms with van der Waals surface area (Å²) in [6, 6.07) is 23.5. The van der Waals surface area contributed by atoms with Gasteiger partial charge < -0.3 is 10.1 Å². The molecule has 0 aliphatic rings. The Kier molecular flexibility index (Phi) is 7.35. The van der Waals surface area contributed by atoms with Crippen molar-refractivity contribution >= 4 is 15.9 Å². The Hall–Kier alpha value is -3.00. The highest BCUT2D eigenvalue weighted by Crippen LogP contribution is 2.13. The first-order chi connectivity index (χ1) is 14.5. The first kappa shape index (κ1) is 21.7. The van der Waals surface area contributed by atoms with Gasteiger partial charge >= 0.3 is 0 Å². The molecule has 0 heterocycles. The molecule has 2 N–H and O–H groups in total. The predicted molar refractivity (Wildman–Crippen MR) is 115 cm³/mol. The van der Waals surface area contributed by atoms with E-state index >= 15 is 0 Å². The van der Waals surface area contributed by atoms with E-state index in [2.05, 4.69) is 10.0 Å². The lowest BCUT2D eigenvalue weighted by Crippen LogP contribution is -2.24. The van der Waals surface area contributed by atoms with E-state index in [-0.39, 0.29) is 10.8 Å². The molecule has 0 bridgehead atoms. The zero-order chi connectivity index (χ0) is 21.4. The van der Waals surface area contributed by atoms with Crippen LogP contribution in [0.4, 0.5) is 0 Å². The maximum atomic E-state index is 12.5. The van der Waals surface area contributed by atoms with Crippen molar-refractivity contribution in [3.05, 3.63) is 101 Å². The molecule has 3 aromatic rings. The highest BCUT2D eigenvalue weighted by molar-refractivity contribution is 7.89. The van der Waals surface area contributed by atoms with Gasteiger partial charge in [0.2, 0.25) is 10.0 Å². The average Bonchev–Trinajstić information content (AvgIpc) is 2.79. The third-order valence-electron chi connectivity index (χ3n) is 4.62. The monoisotopic (exact) mass is 424 g/mol. The molecular formula is C23H24N2O4S. The van der Waals surface area contributed by atoms with E-state index in [0.717, 1.165) is 16.7 Å². The molecule has 1 amide bonds. The Bertz CT molecular complexity index is 1080. The fraction of sp³-hybridized carbons (Fsp3) is 0.174. The third kappa shape index (κ3) is 5.76. The van der Waals surface area contributed by atoms with E-state index in [1.165, 1.54) is 31.3 Å². The Labute approximate surface area is 177 Å². The molecule has 0 saturated carbocycles. The molecule has 156 valence electrons. The number of hydrogen-bond donors (Lipinski definition) is 2. The summed E-state index contributed by atoms with van der Waals surface area (Å²) in [6.45, 7) is 1.31. The lowest BCUT2D eigenvalue weighted by atomic mass is 10.1. The lowest BCUT2D eigenvalue weighted by Gasteiger charge is -2.12. The molecule has 0 unspecified atom stereocenters. The van der Waals surface area contributed by atoms with Crippen LogP contribution in [0.2, 0.25) is 0 Å². The number of carbonyl (C=O) groups is 1. The first-order valence-electron chi connectivity index (χ1n) is 9.50. The summed E-state index contributed by atoms with van der Waals surface area (Å²) in [5, 5.41) is 2.88. The van der Waals surface area contributed by atoms with E-state index in [1.807, 2.05) is 54.6 Å². The second-order valence-electron chi connectivity index (χ2n) is 6.66. The van der Waals surface area contributed by atoms with Gasteiger partial charge in [0.25, 0.3) is 5.91 Å². The number of ether oxygens (including phenoxy) is 1. The Balaban J connectivity index is 1.58. The van der Waals surface area contributed by atoms with Gasteiger partial charge in [-0.25, -0.2) is 13.1 Å². The van der Waals surface area contributed by atoms with Crippen molar-refractivity contribution in [2.75, 3.05) is 7.05 Å². The SMILES string of the molecule is CNS(=O)(=O)c1ccc(C(=O)NCc2ccccc2COCc2ccccc2)cc1. The molecule has 0 radical (unpaired) electrons. The van der Waals surface area contributed by atoms with Crippen molar-refractivity contribution in [1.29, 1.82) is 0 Å². The minimum atomic E-state index is -3.53. The topological polar surface area (TPSA) is 84.5 Å². The second-order valence-corrected chi connectivity index (χ2v) is 8.55. The normalized spacial score (nSPS) is 11.2. The van der Waals surface area contributed by atoms with Crippen LogP contribution < -0.4 is 10.0 Å². The van der Waals surface area contributed by atoms with Crippen molar-refractivity contribution in [2.24, 2.45) is 0 Å². The number of benzene rings is 3. The van der Waals surface area contributed by atoms with Gasteiger partial charge in [-0.1, -0.05) is 54.6 Å². The summed E-state index contributed by atoms with van der Waals surface area (Å²) < 4.78 is 31.6. The highest BCUT2D eigenvalue weighted by Gasteiger charge is 2.13. The molecule has 6 nitrogen and oxygen atoms in total. The average molecular weight is 425 g/mol. The Morgan fingerprint density at radius 3 is 2.13 bits per heavy atom. The molecule has 0 aliphatic carbocycles. The van der Waals surface area contributed by atoms with Gasteiger partial charge in [-0.3, -0.25) is 4.79 Å². The summed E-state index contributed by atoms with van der Waals surface area (Å²) >= 11 is 0. The summed E-state index contributed by atoms with van der Waals surface area (Å²) in [7, 11) is -2.18. The smallest absolute Gasteiger partial charge is 0.251 e. The van der Waals surface area contributed by atoms with Crippen molar-refractivity contribution in [3.8, 4) is 0 Å². The van der Waals surface area contributed by atoms with Gasteiger partial charge in [-0.15, -0.1) is 0 Å². The van der Waals surface area contributed by atoms with Crippen molar-refractivity contribution in [1.82, 2.24) is 10.0 Å². The molecule has 3 rings (SSSR count). The molecule has 0 spiro atoms. The molecule has 0 fully saturated rings. The highest BCUT2D eigenvalue weighted by atomic mass is 32.2. The Morgan fingerprint density at radius 1 is 0.833 bits per heavy atom. The van der Waals surface area contributed by atoms with Crippen LogP contribution in [0.25, 0.3) is 0 Å². The van der Waals surface area contributed by atoms with Gasteiger partial charge in [0.05, 0.1) is 18.1 Å². The van der Waals surface area contributed by atoms with Gasteiger partial charge in [-0.2, -0.15) is 0 Å². The van der Waals surface area contributed by atoms with Crippen LogP contribution in [-0.2, 0) is 34.5 Å². The largest absolute Gasteiger partial charge is 0.372 e.